The van der Waals surface area contributed by atoms with Crippen molar-refractivity contribution < 1.29 is 19.0 Å². The lowest BCUT2D eigenvalue weighted by Crippen LogP contribution is -2.18. The Hall–Kier alpha value is -3.02. The molecule has 0 saturated heterocycles. The van der Waals surface area contributed by atoms with Gasteiger partial charge in [-0.2, -0.15) is 5.10 Å². The summed E-state index contributed by atoms with van der Waals surface area (Å²) in [6.07, 6.45) is 1.54. The van der Waals surface area contributed by atoms with Crippen LogP contribution < -0.4 is 19.6 Å². The van der Waals surface area contributed by atoms with E-state index in [-0.39, 0.29) is 5.91 Å². The number of methoxy groups -OCH3 is 1. The lowest BCUT2D eigenvalue weighted by Gasteiger charge is -2.10. The van der Waals surface area contributed by atoms with Crippen LogP contribution in [0.2, 0.25) is 0 Å². The number of para-hydroxylation sites is 1. The van der Waals surface area contributed by atoms with Crippen molar-refractivity contribution in [3.63, 3.8) is 0 Å². The highest BCUT2D eigenvalue weighted by molar-refractivity contribution is 5.97. The molecule has 0 heterocycles. The van der Waals surface area contributed by atoms with Gasteiger partial charge in [0.25, 0.3) is 5.91 Å². The Bertz CT molecular complexity index is 744. The van der Waals surface area contributed by atoms with E-state index in [0.29, 0.717) is 30.3 Å². The fraction of sp³-hybridized carbons (Fsp3) is 0.263. The standard InChI is InChI=1S/C19H22N2O4/c1-4-24-15-11-10-14(18(12-15)25-5-2)13-20-21-19(22)16-8-6-7-9-17(16)23-3/h6-13H,4-5H2,1-3H3,(H,21,22)/b20-13+. The Kier molecular flexibility index (Phi) is 6.83. The third-order valence-corrected chi connectivity index (χ3v) is 3.32. The van der Waals surface area contributed by atoms with Crippen molar-refractivity contribution >= 4 is 12.1 Å². The maximum Gasteiger partial charge on any atom is 0.275 e. The van der Waals surface area contributed by atoms with Gasteiger partial charge in [-0.25, -0.2) is 5.43 Å². The summed E-state index contributed by atoms with van der Waals surface area (Å²) in [6, 6.07) is 12.4. The molecule has 0 saturated carbocycles. The molecule has 0 spiro atoms. The highest BCUT2D eigenvalue weighted by Crippen LogP contribution is 2.24. The summed E-state index contributed by atoms with van der Waals surface area (Å²) in [6.45, 7) is 4.92. The highest BCUT2D eigenvalue weighted by atomic mass is 16.5. The molecule has 132 valence electrons. The van der Waals surface area contributed by atoms with E-state index >= 15 is 0 Å². The Morgan fingerprint density at radius 1 is 1.08 bits per heavy atom. The average Bonchev–Trinajstić information content (AvgIpc) is 2.63. The predicted octanol–water partition coefficient (Wildman–Crippen LogP) is 3.26. The summed E-state index contributed by atoms with van der Waals surface area (Å²) in [4.78, 5) is 12.2. The number of hydrogen-bond donors (Lipinski definition) is 1. The molecule has 0 unspecified atom stereocenters. The van der Waals surface area contributed by atoms with Gasteiger partial charge >= 0.3 is 0 Å². The Morgan fingerprint density at radius 2 is 1.84 bits per heavy atom. The largest absolute Gasteiger partial charge is 0.496 e. The van der Waals surface area contributed by atoms with Crippen LogP contribution in [0.15, 0.2) is 47.6 Å². The molecule has 25 heavy (non-hydrogen) atoms. The number of benzene rings is 2. The minimum atomic E-state index is -0.349. The molecule has 6 nitrogen and oxygen atoms in total. The first-order valence-corrected chi connectivity index (χ1v) is 8.05. The van der Waals surface area contributed by atoms with Crippen LogP contribution in [0.25, 0.3) is 0 Å². The van der Waals surface area contributed by atoms with Crippen LogP contribution in [0, 0.1) is 0 Å². The summed E-state index contributed by atoms with van der Waals surface area (Å²) < 4.78 is 16.2. The zero-order valence-electron chi connectivity index (χ0n) is 14.6. The number of carbonyl (C=O) groups is 1. The molecule has 2 rings (SSSR count). The molecule has 0 aliphatic carbocycles. The summed E-state index contributed by atoms with van der Waals surface area (Å²) in [5.41, 5.74) is 3.65. The number of amides is 1. The van der Waals surface area contributed by atoms with E-state index in [1.807, 2.05) is 26.0 Å². The van der Waals surface area contributed by atoms with Gasteiger partial charge in [0.15, 0.2) is 0 Å². The minimum Gasteiger partial charge on any atom is -0.496 e. The second kappa shape index (κ2) is 9.32. The topological polar surface area (TPSA) is 69.2 Å². The van der Waals surface area contributed by atoms with E-state index in [1.165, 1.54) is 13.3 Å². The van der Waals surface area contributed by atoms with Gasteiger partial charge in [0.2, 0.25) is 0 Å². The fourth-order valence-corrected chi connectivity index (χ4v) is 2.21. The Morgan fingerprint density at radius 3 is 2.56 bits per heavy atom. The molecule has 1 N–H and O–H groups in total. The molecular formula is C19H22N2O4. The molecule has 2 aromatic carbocycles. The van der Waals surface area contributed by atoms with Crippen molar-refractivity contribution in [1.82, 2.24) is 5.43 Å². The van der Waals surface area contributed by atoms with Gasteiger partial charge in [-0.05, 0) is 38.1 Å². The van der Waals surface area contributed by atoms with E-state index < -0.39 is 0 Å². The third-order valence-electron chi connectivity index (χ3n) is 3.32. The molecule has 0 aliphatic heterocycles. The van der Waals surface area contributed by atoms with Crippen molar-refractivity contribution in [2.24, 2.45) is 5.10 Å². The van der Waals surface area contributed by atoms with E-state index in [1.54, 1.807) is 30.3 Å². The van der Waals surface area contributed by atoms with Crippen LogP contribution in [0.1, 0.15) is 29.8 Å². The van der Waals surface area contributed by atoms with Crippen molar-refractivity contribution in [3.8, 4) is 17.2 Å². The van der Waals surface area contributed by atoms with E-state index in [4.69, 9.17) is 14.2 Å². The lowest BCUT2D eigenvalue weighted by atomic mass is 10.2. The second-order valence-electron chi connectivity index (χ2n) is 4.97. The quantitative estimate of drug-likeness (QED) is 0.590. The van der Waals surface area contributed by atoms with Crippen LogP contribution in [-0.4, -0.2) is 32.4 Å². The van der Waals surface area contributed by atoms with Gasteiger partial charge in [-0.3, -0.25) is 4.79 Å². The smallest absolute Gasteiger partial charge is 0.275 e. The van der Waals surface area contributed by atoms with Crippen LogP contribution in [0.4, 0.5) is 0 Å². The van der Waals surface area contributed by atoms with Gasteiger partial charge < -0.3 is 14.2 Å². The van der Waals surface area contributed by atoms with Crippen LogP contribution in [0.3, 0.4) is 0 Å². The number of rotatable bonds is 8. The summed E-state index contributed by atoms with van der Waals surface area (Å²) >= 11 is 0. The fourth-order valence-electron chi connectivity index (χ4n) is 2.21. The predicted molar refractivity (Wildman–Crippen MR) is 96.8 cm³/mol. The molecular weight excluding hydrogens is 320 g/mol. The van der Waals surface area contributed by atoms with Crippen LogP contribution in [-0.2, 0) is 0 Å². The Labute approximate surface area is 147 Å². The van der Waals surface area contributed by atoms with Crippen LogP contribution in [0.5, 0.6) is 17.2 Å². The number of carbonyl (C=O) groups excluding carboxylic acids is 1. The molecule has 0 radical (unpaired) electrons. The van der Waals surface area contributed by atoms with Gasteiger partial charge in [0.1, 0.15) is 17.2 Å². The third kappa shape index (κ3) is 4.97. The number of hydrogen-bond acceptors (Lipinski definition) is 5. The average molecular weight is 342 g/mol. The SMILES string of the molecule is CCOc1ccc(/C=N/NC(=O)c2ccccc2OC)c(OCC)c1. The zero-order valence-corrected chi connectivity index (χ0v) is 14.6. The first-order chi connectivity index (χ1) is 12.2. The number of hydrazone groups is 1. The number of nitrogens with zero attached hydrogens (tertiary/aromatic N) is 1. The maximum absolute atomic E-state index is 12.2. The first-order valence-electron chi connectivity index (χ1n) is 8.05. The molecule has 6 heteroatoms. The van der Waals surface area contributed by atoms with Crippen molar-refractivity contribution in [1.29, 1.82) is 0 Å². The van der Waals surface area contributed by atoms with E-state index in [9.17, 15) is 4.79 Å². The van der Waals surface area contributed by atoms with Crippen LogP contribution >= 0.6 is 0 Å². The second-order valence-corrected chi connectivity index (χ2v) is 4.97. The van der Waals surface area contributed by atoms with E-state index in [0.717, 1.165) is 11.3 Å². The molecule has 0 aliphatic rings. The summed E-state index contributed by atoms with van der Waals surface area (Å²) in [5.74, 6) is 1.51. The molecule has 2 aromatic rings. The molecule has 0 atom stereocenters. The number of nitrogens with one attached hydrogen (secondary N) is 1. The van der Waals surface area contributed by atoms with Crippen molar-refractivity contribution in [3.05, 3.63) is 53.6 Å². The van der Waals surface area contributed by atoms with Gasteiger partial charge in [-0.1, -0.05) is 12.1 Å². The van der Waals surface area contributed by atoms with Gasteiger partial charge in [-0.15, -0.1) is 0 Å². The highest BCUT2D eigenvalue weighted by Gasteiger charge is 2.10. The van der Waals surface area contributed by atoms with E-state index in [2.05, 4.69) is 10.5 Å². The molecule has 0 bridgehead atoms. The van der Waals surface area contributed by atoms with Crippen molar-refractivity contribution in [2.75, 3.05) is 20.3 Å². The molecule has 0 fully saturated rings. The minimum absolute atomic E-state index is 0.349. The first kappa shape index (κ1) is 18.3. The van der Waals surface area contributed by atoms with Gasteiger partial charge in [0.05, 0.1) is 32.1 Å². The lowest BCUT2D eigenvalue weighted by molar-refractivity contribution is 0.0952. The normalized spacial score (nSPS) is 10.5. The summed E-state index contributed by atoms with van der Waals surface area (Å²) in [5, 5.41) is 4.01. The van der Waals surface area contributed by atoms with Crippen molar-refractivity contribution in [2.45, 2.75) is 13.8 Å². The number of ether oxygens (including phenoxy) is 3. The zero-order chi connectivity index (χ0) is 18.1. The summed E-state index contributed by atoms with van der Waals surface area (Å²) in [7, 11) is 1.52. The molecule has 0 aromatic heterocycles. The Balaban J connectivity index is 2.12. The monoisotopic (exact) mass is 342 g/mol. The van der Waals surface area contributed by atoms with Gasteiger partial charge in [0, 0.05) is 11.6 Å². The molecule has 1 amide bonds. The maximum atomic E-state index is 12.2.